The summed E-state index contributed by atoms with van der Waals surface area (Å²) in [4.78, 5) is 12.0. The molecule has 4 aliphatic carbocycles. The Bertz CT molecular complexity index is 1750. The van der Waals surface area contributed by atoms with E-state index in [1.54, 1.807) is 18.6 Å². The van der Waals surface area contributed by atoms with E-state index in [9.17, 15) is 15.0 Å². The number of hydrogen-bond donors (Lipinski definition) is 2. The molecule has 2 N–H and O–H groups in total. The standard InChI is InChI=1S/C27H42O3.C15H14O4/c1-16-7-12-27(29-15-16)17(2)24-23(30-27)14-22-20-6-5-18-13-19(28)8-10-25(18,3)21(20)9-11-26(22,24)4;1-8-3-4-10-12(18-7-8)6-13-14(15(10)17)11(16)5-9(2)19-13/h9,16-20,22-24,28H,5-8,10-15H2,1-4H3;3,5-6,17H,4,7H2,1-2H3. The second-order valence-electron chi connectivity index (χ2n) is 17.5. The molecule has 1 aromatic heterocycles. The van der Waals surface area contributed by atoms with E-state index in [0.717, 1.165) is 43.3 Å². The first-order chi connectivity index (χ1) is 23.3. The summed E-state index contributed by atoms with van der Waals surface area (Å²) >= 11 is 0. The Hall–Kier alpha value is -2.61. The average Bonchev–Trinajstić information content (AvgIpc) is 3.41. The van der Waals surface area contributed by atoms with Crippen LogP contribution in [0.4, 0.5) is 0 Å². The molecule has 0 bridgehead atoms. The number of fused-ring (bicyclic) bond motifs is 9. The Morgan fingerprint density at radius 2 is 1.80 bits per heavy atom. The highest BCUT2D eigenvalue weighted by atomic mass is 16.7. The summed E-state index contributed by atoms with van der Waals surface area (Å²) < 4.78 is 24.5. The van der Waals surface area contributed by atoms with Crippen LogP contribution < -0.4 is 10.2 Å². The number of aliphatic hydroxyl groups is 1. The normalized spacial score (nSPS) is 42.3. The Balaban J connectivity index is 0.000000158. The zero-order valence-corrected chi connectivity index (χ0v) is 30.3. The van der Waals surface area contributed by atoms with Gasteiger partial charge in [0.05, 0.1) is 18.8 Å². The van der Waals surface area contributed by atoms with Gasteiger partial charge in [-0.3, -0.25) is 4.79 Å². The number of phenolic OH excluding ortho intramolecular Hbond substituents is 1. The second kappa shape index (κ2) is 12.0. The summed E-state index contributed by atoms with van der Waals surface area (Å²) in [6.45, 7) is 14.9. The number of aliphatic hydroxyl groups excluding tert-OH is 1. The predicted octanol–water partition coefficient (Wildman–Crippen LogP) is 8.40. The number of rotatable bonds is 0. The van der Waals surface area contributed by atoms with Crippen LogP contribution in [0.3, 0.4) is 0 Å². The molecule has 1 aromatic carbocycles. The van der Waals surface area contributed by atoms with Gasteiger partial charge in [-0.1, -0.05) is 45.4 Å². The third kappa shape index (κ3) is 5.27. The maximum Gasteiger partial charge on any atom is 0.196 e. The van der Waals surface area contributed by atoms with Crippen molar-refractivity contribution in [2.45, 2.75) is 124 Å². The summed E-state index contributed by atoms with van der Waals surface area (Å²) in [5.74, 6) is 4.74. The van der Waals surface area contributed by atoms with Crippen molar-refractivity contribution in [1.82, 2.24) is 0 Å². The molecule has 7 aliphatic rings. The minimum absolute atomic E-state index is 0.0350. The Kier molecular flexibility index (Phi) is 8.20. The van der Waals surface area contributed by atoms with Crippen LogP contribution >= 0.6 is 0 Å². The van der Waals surface area contributed by atoms with Gasteiger partial charge in [-0.25, -0.2) is 0 Å². The fourth-order valence-electron chi connectivity index (χ4n) is 11.8. The van der Waals surface area contributed by atoms with Crippen molar-refractivity contribution >= 4 is 11.0 Å². The first kappa shape index (κ1) is 33.5. The highest BCUT2D eigenvalue weighted by Crippen LogP contribution is 2.69. The van der Waals surface area contributed by atoms with E-state index >= 15 is 0 Å². The number of allylic oxidation sites excluding steroid dienone is 3. The molecule has 0 amide bonds. The van der Waals surface area contributed by atoms with Crippen LogP contribution in [0.25, 0.3) is 11.0 Å². The summed E-state index contributed by atoms with van der Waals surface area (Å²) in [7, 11) is 0. The molecule has 3 saturated carbocycles. The van der Waals surface area contributed by atoms with Gasteiger partial charge in [0.15, 0.2) is 11.2 Å². The van der Waals surface area contributed by atoms with Crippen molar-refractivity contribution < 1.29 is 28.8 Å². The fraction of sp³-hybridized carbons (Fsp3) is 0.690. The lowest BCUT2D eigenvalue weighted by Crippen LogP contribution is -2.50. The van der Waals surface area contributed by atoms with Gasteiger partial charge >= 0.3 is 0 Å². The van der Waals surface area contributed by atoms with Crippen LogP contribution in [0.15, 0.2) is 44.6 Å². The molecule has 11 atom stereocenters. The summed E-state index contributed by atoms with van der Waals surface area (Å²) in [6, 6.07) is 3.07. The quantitative estimate of drug-likeness (QED) is 0.271. The molecular formula is C42H56O7. The van der Waals surface area contributed by atoms with E-state index in [1.165, 1.54) is 44.6 Å². The largest absolute Gasteiger partial charge is 0.507 e. The summed E-state index contributed by atoms with van der Waals surface area (Å²) in [6.07, 6.45) is 16.1. The number of phenols is 1. The first-order valence-corrected chi connectivity index (χ1v) is 19.1. The lowest BCUT2D eigenvalue weighted by Gasteiger charge is -2.57. The smallest absolute Gasteiger partial charge is 0.196 e. The third-order valence-electron chi connectivity index (χ3n) is 14.6. The van der Waals surface area contributed by atoms with Crippen molar-refractivity contribution in [1.29, 1.82) is 0 Å². The molecule has 7 heteroatoms. The third-order valence-corrected chi connectivity index (χ3v) is 14.6. The number of hydrogen-bond acceptors (Lipinski definition) is 7. The van der Waals surface area contributed by atoms with Crippen LogP contribution in [-0.2, 0) is 15.9 Å². The monoisotopic (exact) mass is 672 g/mol. The van der Waals surface area contributed by atoms with Gasteiger partial charge in [-0.05, 0) is 118 Å². The van der Waals surface area contributed by atoms with E-state index in [-0.39, 0.29) is 28.5 Å². The second-order valence-corrected chi connectivity index (χ2v) is 17.5. The van der Waals surface area contributed by atoms with E-state index in [0.29, 0.717) is 76.3 Å². The molecule has 1 spiro atoms. The molecular weight excluding hydrogens is 616 g/mol. The number of ether oxygens (including phenoxy) is 3. The predicted molar refractivity (Wildman–Crippen MR) is 190 cm³/mol. The van der Waals surface area contributed by atoms with Crippen molar-refractivity contribution in [3.63, 3.8) is 0 Å². The molecule has 2 aromatic rings. The summed E-state index contributed by atoms with van der Waals surface area (Å²) in [5.41, 5.74) is 4.32. The molecule has 7 nitrogen and oxygen atoms in total. The zero-order valence-electron chi connectivity index (χ0n) is 30.3. The van der Waals surface area contributed by atoms with E-state index < -0.39 is 0 Å². The molecule has 11 unspecified atom stereocenters. The number of aromatic hydroxyl groups is 1. The lowest BCUT2D eigenvalue weighted by molar-refractivity contribution is -0.272. The van der Waals surface area contributed by atoms with Gasteiger partial charge in [0.1, 0.15) is 34.8 Å². The zero-order chi connectivity index (χ0) is 34.5. The van der Waals surface area contributed by atoms with Crippen LogP contribution in [0, 0.1) is 53.3 Å². The van der Waals surface area contributed by atoms with E-state index in [1.807, 2.05) is 13.0 Å². The number of benzene rings is 1. The average molecular weight is 673 g/mol. The number of aryl methyl sites for hydroxylation is 1. The van der Waals surface area contributed by atoms with Crippen LogP contribution in [0.2, 0.25) is 0 Å². The Morgan fingerprint density at radius 3 is 2.57 bits per heavy atom. The topological polar surface area (TPSA) is 98.4 Å². The van der Waals surface area contributed by atoms with Crippen molar-refractivity contribution in [3.8, 4) is 11.5 Å². The SMILES string of the molecule is CC1=CCc2c(cc3oc(C)cc(=O)c3c2O)OC1.CC1CCC2(OC1)OC1CC3C4CCC5CC(O)CCC5(C)C4=CCC3(C)C1C2C. The lowest BCUT2D eigenvalue weighted by atomic mass is 9.48. The maximum absolute atomic E-state index is 12.0. The molecule has 9 rings (SSSR count). The first-order valence-electron chi connectivity index (χ1n) is 19.1. The molecule has 266 valence electrons. The van der Waals surface area contributed by atoms with Gasteiger partial charge in [-0.15, -0.1) is 0 Å². The van der Waals surface area contributed by atoms with Crippen molar-refractivity contribution in [2.24, 2.45) is 46.3 Å². The highest BCUT2D eigenvalue weighted by molar-refractivity contribution is 5.87. The Labute approximate surface area is 291 Å². The Morgan fingerprint density at radius 1 is 0.980 bits per heavy atom. The minimum atomic E-state index is -0.303. The molecule has 3 aliphatic heterocycles. The van der Waals surface area contributed by atoms with Crippen LogP contribution in [-0.4, -0.2) is 41.4 Å². The van der Waals surface area contributed by atoms with Crippen molar-refractivity contribution in [2.75, 3.05) is 13.2 Å². The van der Waals surface area contributed by atoms with Crippen LogP contribution in [0.5, 0.6) is 11.5 Å². The van der Waals surface area contributed by atoms with E-state index in [4.69, 9.17) is 18.6 Å². The molecule has 4 heterocycles. The van der Waals surface area contributed by atoms with E-state index in [2.05, 4.69) is 33.8 Å². The summed E-state index contributed by atoms with van der Waals surface area (Å²) in [5, 5.41) is 20.8. The molecule has 5 fully saturated rings. The van der Waals surface area contributed by atoms with Gasteiger partial charge in [-0.2, -0.15) is 0 Å². The van der Waals surface area contributed by atoms with Gasteiger partial charge in [0, 0.05) is 30.0 Å². The minimum Gasteiger partial charge on any atom is -0.507 e. The maximum atomic E-state index is 12.0. The molecule has 49 heavy (non-hydrogen) atoms. The molecule has 0 radical (unpaired) electrons. The van der Waals surface area contributed by atoms with Gasteiger partial charge in [0.25, 0.3) is 0 Å². The van der Waals surface area contributed by atoms with Crippen molar-refractivity contribution in [3.05, 3.63) is 57.0 Å². The highest BCUT2D eigenvalue weighted by Gasteiger charge is 2.67. The fourth-order valence-corrected chi connectivity index (χ4v) is 11.8. The van der Waals surface area contributed by atoms with Crippen LogP contribution in [0.1, 0.15) is 104 Å². The van der Waals surface area contributed by atoms with Gasteiger partial charge in [0.2, 0.25) is 0 Å². The van der Waals surface area contributed by atoms with Gasteiger partial charge < -0.3 is 28.8 Å². The molecule has 2 saturated heterocycles.